The Morgan fingerprint density at radius 1 is 0.820 bits per heavy atom. The normalized spacial score (nSPS) is 25.3. The van der Waals surface area contributed by atoms with Crippen LogP contribution < -0.4 is 0 Å². The molecule has 0 aliphatic carbocycles. The van der Waals surface area contributed by atoms with Crippen molar-refractivity contribution in [1.29, 1.82) is 0 Å². The number of nitrogens with zero attached hydrogens (tertiary/aromatic N) is 6. The van der Waals surface area contributed by atoms with Gasteiger partial charge in [-0.05, 0) is 56.7 Å². The van der Waals surface area contributed by atoms with Gasteiger partial charge in [0.1, 0.15) is 24.4 Å². The van der Waals surface area contributed by atoms with Crippen molar-refractivity contribution in [3.8, 4) is 0 Å². The van der Waals surface area contributed by atoms with Crippen LogP contribution in [-0.2, 0) is 32.1 Å². The van der Waals surface area contributed by atoms with Gasteiger partial charge in [-0.2, -0.15) is 0 Å². The minimum atomic E-state index is -1.55. The molecule has 0 saturated carbocycles. The highest BCUT2D eigenvalue weighted by Gasteiger charge is 2.44. The van der Waals surface area contributed by atoms with Gasteiger partial charge in [0.2, 0.25) is 0 Å². The summed E-state index contributed by atoms with van der Waals surface area (Å²) in [7, 11) is 0. The third kappa shape index (κ3) is 10.3. The summed E-state index contributed by atoms with van der Waals surface area (Å²) in [6.07, 6.45) is -2.20. The number of carbonyl (C=O) groups excluding carboxylic acids is 1. The van der Waals surface area contributed by atoms with Gasteiger partial charge in [0.15, 0.2) is 12.5 Å². The second-order valence-electron chi connectivity index (χ2n) is 13.4. The molecule has 2 aliphatic rings. The van der Waals surface area contributed by atoms with Crippen LogP contribution in [-0.4, -0.2) is 139 Å². The van der Waals surface area contributed by atoms with Crippen LogP contribution in [0.15, 0.2) is 73.2 Å². The Hall–Kier alpha value is -3.44. The van der Waals surface area contributed by atoms with E-state index in [2.05, 4.69) is 29.7 Å². The fourth-order valence-corrected chi connectivity index (χ4v) is 5.99. The Bertz CT molecular complexity index is 1390. The molecule has 6 atom stereocenters. The summed E-state index contributed by atoms with van der Waals surface area (Å²) in [5.74, 6) is -0.457. The molecule has 3 aromatic heterocycles. The molecule has 3 aromatic rings. The lowest BCUT2D eigenvalue weighted by molar-refractivity contribution is -0.301. The van der Waals surface area contributed by atoms with Crippen LogP contribution in [0, 0.1) is 5.41 Å². The second-order valence-corrected chi connectivity index (χ2v) is 13.4. The number of rotatable bonds is 13. The van der Waals surface area contributed by atoms with E-state index in [-0.39, 0.29) is 13.0 Å². The third-order valence-electron chi connectivity index (χ3n) is 9.26. The molecule has 2 aliphatic heterocycles. The van der Waals surface area contributed by atoms with Crippen LogP contribution in [0.2, 0.25) is 0 Å². The minimum Gasteiger partial charge on any atom is -0.440 e. The smallest absolute Gasteiger partial charge is 0.313 e. The average molecular weight is 695 g/mol. The van der Waals surface area contributed by atoms with Crippen LogP contribution in [0.3, 0.4) is 0 Å². The lowest BCUT2D eigenvalue weighted by Gasteiger charge is -2.40. The molecule has 0 radical (unpaired) electrons. The van der Waals surface area contributed by atoms with Gasteiger partial charge >= 0.3 is 5.97 Å². The van der Waals surface area contributed by atoms with Crippen molar-refractivity contribution in [2.24, 2.45) is 5.41 Å². The highest BCUT2D eigenvalue weighted by atomic mass is 16.7. The Balaban J connectivity index is 1.30. The molecule has 2 saturated heterocycles. The zero-order chi connectivity index (χ0) is 35.5. The van der Waals surface area contributed by atoms with Crippen LogP contribution in [0.1, 0.15) is 43.6 Å². The number of ether oxygens (including phenoxy) is 3. The molecule has 272 valence electrons. The van der Waals surface area contributed by atoms with Gasteiger partial charge in [-0.15, -0.1) is 0 Å². The molecule has 50 heavy (non-hydrogen) atoms. The number of aliphatic hydroxyl groups excluding tert-OH is 4. The van der Waals surface area contributed by atoms with E-state index in [4.69, 9.17) is 14.2 Å². The van der Waals surface area contributed by atoms with E-state index >= 15 is 0 Å². The number of pyridine rings is 3. The van der Waals surface area contributed by atoms with E-state index in [1.54, 1.807) is 32.4 Å². The molecule has 14 heteroatoms. The third-order valence-corrected chi connectivity index (χ3v) is 9.26. The number of hydrogen-bond acceptors (Lipinski definition) is 14. The molecule has 0 bridgehead atoms. The van der Waals surface area contributed by atoms with E-state index in [0.29, 0.717) is 45.0 Å². The van der Waals surface area contributed by atoms with E-state index < -0.39 is 54.9 Å². The van der Waals surface area contributed by atoms with Crippen molar-refractivity contribution < 1.29 is 39.4 Å². The maximum atomic E-state index is 13.9. The molecule has 4 N–H and O–H groups in total. The first-order valence-electron chi connectivity index (χ1n) is 17.2. The Morgan fingerprint density at radius 2 is 1.38 bits per heavy atom. The van der Waals surface area contributed by atoms with Crippen molar-refractivity contribution in [3.05, 3.63) is 90.3 Å². The topological polar surface area (TPSA) is 174 Å². The Kier molecular flexibility index (Phi) is 13.7. The van der Waals surface area contributed by atoms with E-state index in [1.807, 2.05) is 54.6 Å². The van der Waals surface area contributed by atoms with Crippen LogP contribution in [0.5, 0.6) is 0 Å². The Labute approximate surface area is 293 Å². The first-order valence-corrected chi connectivity index (χ1v) is 17.2. The van der Waals surface area contributed by atoms with Crippen LogP contribution in [0.4, 0.5) is 0 Å². The molecule has 2 fully saturated rings. The second kappa shape index (κ2) is 18.2. The van der Waals surface area contributed by atoms with E-state index in [9.17, 15) is 25.2 Å². The summed E-state index contributed by atoms with van der Waals surface area (Å²) in [5, 5.41) is 40.0. The average Bonchev–Trinajstić information content (AvgIpc) is 3.22. The van der Waals surface area contributed by atoms with Crippen molar-refractivity contribution in [3.63, 3.8) is 0 Å². The van der Waals surface area contributed by atoms with Gasteiger partial charge in [0, 0.05) is 70.9 Å². The van der Waals surface area contributed by atoms with Crippen molar-refractivity contribution in [2.75, 3.05) is 52.5 Å². The zero-order valence-electron chi connectivity index (χ0n) is 28.8. The van der Waals surface area contributed by atoms with Gasteiger partial charge in [-0.3, -0.25) is 34.4 Å². The van der Waals surface area contributed by atoms with E-state index in [0.717, 1.165) is 24.5 Å². The summed E-state index contributed by atoms with van der Waals surface area (Å²) in [6.45, 7) is 8.59. The van der Waals surface area contributed by atoms with Crippen molar-refractivity contribution in [2.45, 2.75) is 70.3 Å². The number of aliphatic hydroxyl groups is 4. The molecule has 0 spiro atoms. The van der Waals surface area contributed by atoms with Gasteiger partial charge in [-0.1, -0.05) is 18.2 Å². The monoisotopic (exact) mass is 694 g/mol. The summed E-state index contributed by atoms with van der Waals surface area (Å²) < 4.78 is 17.5. The lowest BCUT2D eigenvalue weighted by atomic mass is 9.90. The van der Waals surface area contributed by atoms with Crippen LogP contribution in [0.25, 0.3) is 0 Å². The maximum Gasteiger partial charge on any atom is 0.313 e. The number of aromatic nitrogens is 3. The predicted octanol–water partition coefficient (Wildman–Crippen LogP) is 0.966. The molecular formula is C36H50N6O8. The zero-order valence-corrected chi connectivity index (χ0v) is 28.8. The predicted molar refractivity (Wildman–Crippen MR) is 182 cm³/mol. The first kappa shape index (κ1) is 37.8. The largest absolute Gasteiger partial charge is 0.440 e. The standard InChI is InChI=1S/C36H50N6O8/c1-36(2,12-22-48-34-32(46)31(45)30(44)29(25-43)49-34)35(47)50-33(28-11-5-8-15-39-28)42-20-18-40(23-26-9-3-6-13-37-26)16-17-41(19-21-42)24-27-10-4-7-14-38-27/h3-11,13-15,29-34,43-46H,12,16-25H2,1-2H3/t29-,30+,31+,32-,33?,34-/m1/s1. The van der Waals surface area contributed by atoms with Crippen LogP contribution >= 0.6 is 0 Å². The van der Waals surface area contributed by atoms with Gasteiger partial charge < -0.3 is 34.6 Å². The summed E-state index contributed by atoms with van der Waals surface area (Å²) in [5.41, 5.74) is 1.56. The quantitative estimate of drug-likeness (QED) is 0.186. The highest BCUT2D eigenvalue weighted by molar-refractivity contribution is 5.76. The molecule has 0 aromatic carbocycles. The number of carbonyl (C=O) groups is 1. The first-order chi connectivity index (χ1) is 24.1. The fraction of sp³-hybridized carbons (Fsp3) is 0.556. The van der Waals surface area contributed by atoms with Gasteiger partial charge in [0.05, 0.1) is 35.7 Å². The summed E-state index contributed by atoms with van der Waals surface area (Å²) in [4.78, 5) is 34.5. The van der Waals surface area contributed by atoms with E-state index in [1.165, 1.54) is 0 Å². The number of esters is 1. The molecule has 5 rings (SSSR count). The van der Waals surface area contributed by atoms with Gasteiger partial charge in [-0.25, -0.2) is 0 Å². The maximum absolute atomic E-state index is 13.9. The summed E-state index contributed by atoms with van der Waals surface area (Å²) in [6, 6.07) is 17.4. The SMILES string of the molecule is CC(C)(CCO[C@@H]1O[C@H](CO)[C@H](O)[C@H](O)[C@H]1O)C(=O)OC(c1ccccn1)N1CCN(Cc2ccccn2)CCN(Cc2ccccn2)CC1. The molecular weight excluding hydrogens is 644 g/mol. The number of hydrogen-bond donors (Lipinski definition) is 4. The minimum absolute atomic E-state index is 0.0201. The Morgan fingerprint density at radius 3 is 1.90 bits per heavy atom. The molecule has 5 heterocycles. The molecule has 14 nitrogen and oxygen atoms in total. The molecule has 0 amide bonds. The lowest BCUT2D eigenvalue weighted by Crippen LogP contribution is -2.59. The molecule has 1 unspecified atom stereocenters. The summed E-state index contributed by atoms with van der Waals surface area (Å²) >= 11 is 0. The van der Waals surface area contributed by atoms with Crippen molar-refractivity contribution >= 4 is 5.97 Å². The van der Waals surface area contributed by atoms with Gasteiger partial charge in [0.25, 0.3) is 0 Å². The fourth-order valence-electron chi connectivity index (χ4n) is 5.99. The highest BCUT2D eigenvalue weighted by Crippen LogP contribution is 2.30. The van der Waals surface area contributed by atoms with Crippen molar-refractivity contribution in [1.82, 2.24) is 29.7 Å².